The summed E-state index contributed by atoms with van der Waals surface area (Å²) < 4.78 is 5.46. The number of urea groups is 2. The number of thiophene rings is 1. The smallest absolute Gasteiger partial charge is 0.325 e. The van der Waals surface area contributed by atoms with Crippen molar-refractivity contribution < 1.29 is 14.3 Å². The lowest BCUT2D eigenvalue weighted by atomic mass is 9.78. The largest absolute Gasteiger partial charge is 0.381 e. The summed E-state index contributed by atoms with van der Waals surface area (Å²) in [6, 6.07) is 3.52. The molecular weight excluding hydrogens is 290 g/mol. The van der Waals surface area contributed by atoms with Gasteiger partial charge in [-0.1, -0.05) is 6.07 Å². The summed E-state index contributed by atoms with van der Waals surface area (Å²) >= 11 is 1.71. The Morgan fingerprint density at radius 1 is 1.48 bits per heavy atom. The monoisotopic (exact) mass is 309 g/mol. The molecule has 0 atom stereocenters. The molecule has 3 rings (SSSR count). The molecular formula is C14H19N3O3S. The lowest BCUT2D eigenvalue weighted by molar-refractivity contribution is 0.0515. The van der Waals surface area contributed by atoms with Crippen LogP contribution in [0.2, 0.25) is 0 Å². The van der Waals surface area contributed by atoms with Crippen LogP contribution in [0.15, 0.2) is 17.5 Å². The maximum absolute atomic E-state index is 12.1. The Hall–Kier alpha value is -1.60. The first-order chi connectivity index (χ1) is 10.2. The Bertz CT molecular complexity index is 512. The van der Waals surface area contributed by atoms with E-state index in [0.29, 0.717) is 32.8 Å². The summed E-state index contributed by atoms with van der Waals surface area (Å²) in [5.41, 5.74) is -0.0712. The lowest BCUT2D eigenvalue weighted by Gasteiger charge is -2.36. The summed E-state index contributed by atoms with van der Waals surface area (Å²) in [6.07, 6.45) is 1.78. The summed E-state index contributed by atoms with van der Waals surface area (Å²) in [5, 5.41) is 7.62. The van der Waals surface area contributed by atoms with E-state index in [4.69, 9.17) is 4.74 Å². The molecule has 0 aromatic carbocycles. The molecule has 0 bridgehead atoms. The van der Waals surface area contributed by atoms with Crippen LogP contribution >= 0.6 is 11.3 Å². The van der Waals surface area contributed by atoms with Crippen LogP contribution in [0, 0.1) is 0 Å². The van der Waals surface area contributed by atoms with Crippen molar-refractivity contribution in [2.45, 2.75) is 18.3 Å². The summed E-state index contributed by atoms with van der Waals surface area (Å²) in [4.78, 5) is 26.1. The second-order valence-corrected chi connectivity index (χ2v) is 6.36. The third-order valence-corrected chi connectivity index (χ3v) is 5.29. The third kappa shape index (κ3) is 2.89. The molecule has 21 heavy (non-hydrogen) atoms. The van der Waals surface area contributed by atoms with Crippen LogP contribution in [-0.4, -0.2) is 49.8 Å². The average Bonchev–Trinajstić information content (AvgIpc) is 3.17. The molecule has 2 aliphatic heterocycles. The predicted octanol–water partition coefficient (Wildman–Crippen LogP) is 1.53. The van der Waals surface area contributed by atoms with Crippen molar-refractivity contribution in [2.24, 2.45) is 0 Å². The SMILES string of the molecule is O=C1NCCN1C(=O)NCC1(c2cccs2)CCOCC1. The Kier molecular flexibility index (Phi) is 4.12. The summed E-state index contributed by atoms with van der Waals surface area (Å²) in [7, 11) is 0. The van der Waals surface area contributed by atoms with Gasteiger partial charge in [-0.2, -0.15) is 0 Å². The quantitative estimate of drug-likeness (QED) is 0.889. The number of carbonyl (C=O) groups excluding carboxylic acids is 2. The fraction of sp³-hybridized carbons (Fsp3) is 0.571. The minimum absolute atomic E-state index is 0.0712. The van der Waals surface area contributed by atoms with Gasteiger partial charge in [-0.15, -0.1) is 11.3 Å². The second-order valence-electron chi connectivity index (χ2n) is 5.41. The number of hydrogen-bond donors (Lipinski definition) is 2. The summed E-state index contributed by atoms with van der Waals surface area (Å²) in [6.45, 7) is 2.91. The maximum Gasteiger partial charge on any atom is 0.325 e. The zero-order valence-corrected chi connectivity index (χ0v) is 12.6. The van der Waals surface area contributed by atoms with Crippen molar-refractivity contribution in [1.82, 2.24) is 15.5 Å². The highest BCUT2D eigenvalue weighted by atomic mass is 32.1. The number of imide groups is 1. The topological polar surface area (TPSA) is 70.7 Å². The Morgan fingerprint density at radius 3 is 2.90 bits per heavy atom. The van der Waals surface area contributed by atoms with Crippen LogP contribution in [0.1, 0.15) is 17.7 Å². The minimum Gasteiger partial charge on any atom is -0.381 e. The van der Waals surface area contributed by atoms with Crippen molar-refractivity contribution in [3.63, 3.8) is 0 Å². The van der Waals surface area contributed by atoms with E-state index in [-0.39, 0.29) is 17.5 Å². The van der Waals surface area contributed by atoms with Crippen molar-refractivity contribution in [3.05, 3.63) is 22.4 Å². The number of amides is 4. The van der Waals surface area contributed by atoms with Gasteiger partial charge in [0.15, 0.2) is 0 Å². The van der Waals surface area contributed by atoms with Gasteiger partial charge in [0, 0.05) is 43.1 Å². The lowest BCUT2D eigenvalue weighted by Crippen LogP contribution is -2.49. The van der Waals surface area contributed by atoms with Crippen molar-refractivity contribution in [2.75, 3.05) is 32.8 Å². The number of rotatable bonds is 3. The van der Waals surface area contributed by atoms with Crippen LogP contribution in [0.25, 0.3) is 0 Å². The average molecular weight is 309 g/mol. The van der Waals surface area contributed by atoms with Crippen LogP contribution < -0.4 is 10.6 Å². The number of hydrogen-bond acceptors (Lipinski definition) is 4. The van der Waals surface area contributed by atoms with E-state index >= 15 is 0 Å². The van der Waals surface area contributed by atoms with Gasteiger partial charge < -0.3 is 15.4 Å². The van der Waals surface area contributed by atoms with E-state index < -0.39 is 0 Å². The minimum atomic E-state index is -0.315. The molecule has 0 radical (unpaired) electrons. The number of nitrogens with one attached hydrogen (secondary N) is 2. The van der Waals surface area contributed by atoms with Crippen LogP contribution in [0.4, 0.5) is 9.59 Å². The van der Waals surface area contributed by atoms with Gasteiger partial charge in [0.05, 0.1) is 0 Å². The van der Waals surface area contributed by atoms with Crippen LogP contribution in [0.3, 0.4) is 0 Å². The second kappa shape index (κ2) is 6.03. The Labute approximate surface area is 127 Å². The van der Waals surface area contributed by atoms with E-state index in [9.17, 15) is 9.59 Å². The molecule has 114 valence electrons. The molecule has 0 unspecified atom stereocenters. The highest BCUT2D eigenvalue weighted by molar-refractivity contribution is 7.10. The van der Waals surface area contributed by atoms with E-state index in [1.54, 1.807) is 11.3 Å². The number of nitrogens with zero attached hydrogens (tertiary/aromatic N) is 1. The number of carbonyl (C=O) groups is 2. The Balaban J connectivity index is 1.68. The van der Waals surface area contributed by atoms with Crippen molar-refractivity contribution in [3.8, 4) is 0 Å². The van der Waals surface area contributed by atoms with E-state index in [1.807, 2.05) is 6.07 Å². The van der Waals surface area contributed by atoms with E-state index in [0.717, 1.165) is 12.8 Å². The summed E-state index contributed by atoms with van der Waals surface area (Å²) in [5.74, 6) is 0. The number of ether oxygens (including phenoxy) is 1. The van der Waals surface area contributed by atoms with Gasteiger partial charge in [-0.3, -0.25) is 0 Å². The first-order valence-corrected chi connectivity index (χ1v) is 8.04. The zero-order chi connectivity index (χ0) is 14.7. The molecule has 2 saturated heterocycles. The molecule has 4 amide bonds. The van der Waals surface area contributed by atoms with Crippen LogP contribution in [-0.2, 0) is 10.2 Å². The first-order valence-electron chi connectivity index (χ1n) is 7.16. The van der Waals surface area contributed by atoms with Gasteiger partial charge >= 0.3 is 12.1 Å². The predicted molar refractivity (Wildman–Crippen MR) is 79.6 cm³/mol. The third-order valence-electron chi connectivity index (χ3n) is 4.17. The maximum atomic E-state index is 12.1. The zero-order valence-electron chi connectivity index (χ0n) is 11.8. The molecule has 6 nitrogen and oxygen atoms in total. The van der Waals surface area contributed by atoms with Crippen molar-refractivity contribution in [1.29, 1.82) is 0 Å². The first kappa shape index (κ1) is 14.3. The molecule has 7 heteroatoms. The molecule has 1 aromatic heterocycles. The molecule has 0 saturated carbocycles. The molecule has 0 aliphatic carbocycles. The molecule has 2 N–H and O–H groups in total. The molecule has 0 spiro atoms. The van der Waals surface area contributed by atoms with Gasteiger partial charge in [0.1, 0.15) is 0 Å². The molecule has 2 fully saturated rings. The van der Waals surface area contributed by atoms with Crippen LogP contribution in [0.5, 0.6) is 0 Å². The van der Waals surface area contributed by atoms with Crippen molar-refractivity contribution >= 4 is 23.4 Å². The molecule has 2 aliphatic rings. The van der Waals surface area contributed by atoms with Gasteiger partial charge in [-0.25, -0.2) is 14.5 Å². The van der Waals surface area contributed by atoms with Gasteiger partial charge in [-0.05, 0) is 24.3 Å². The van der Waals surface area contributed by atoms with Gasteiger partial charge in [0.25, 0.3) is 0 Å². The highest BCUT2D eigenvalue weighted by Crippen LogP contribution is 2.36. The fourth-order valence-electron chi connectivity index (χ4n) is 2.86. The normalized spacial score (nSPS) is 21.1. The van der Waals surface area contributed by atoms with E-state index in [2.05, 4.69) is 22.1 Å². The Morgan fingerprint density at radius 2 is 2.29 bits per heavy atom. The highest BCUT2D eigenvalue weighted by Gasteiger charge is 2.37. The van der Waals surface area contributed by atoms with E-state index in [1.165, 1.54) is 9.78 Å². The van der Waals surface area contributed by atoms with Gasteiger partial charge in [0.2, 0.25) is 0 Å². The standard InChI is InChI=1S/C14H19N3O3S/c18-12-15-5-6-17(12)13(19)16-10-14(3-7-20-8-4-14)11-2-1-9-21-11/h1-2,9H,3-8,10H2,(H,15,18)(H,16,19). The molecule has 3 heterocycles. The molecule has 1 aromatic rings. The fourth-order valence-corrected chi connectivity index (χ4v) is 3.85.